The number of hydrogen-bond donors (Lipinski definition) is 3. The van der Waals surface area contributed by atoms with Gasteiger partial charge in [0.1, 0.15) is 9.84 Å². The third-order valence-electron chi connectivity index (χ3n) is 2.78. The minimum absolute atomic E-state index is 0.0650. The van der Waals surface area contributed by atoms with Gasteiger partial charge in [0.05, 0.1) is 16.5 Å². The normalized spacial score (nSPS) is 13.3. The van der Waals surface area contributed by atoms with Crippen LogP contribution in [0.2, 0.25) is 0 Å². The number of nitrogens with one attached hydrogen (secondary N) is 3. The summed E-state index contributed by atoms with van der Waals surface area (Å²) < 4.78 is 22.5. The van der Waals surface area contributed by atoms with Crippen molar-refractivity contribution < 1.29 is 8.42 Å². The first-order valence-corrected chi connectivity index (χ1v) is 8.02. The van der Waals surface area contributed by atoms with E-state index in [1.807, 2.05) is 0 Å². The fourth-order valence-electron chi connectivity index (χ4n) is 2.11. The zero-order valence-electron chi connectivity index (χ0n) is 11.1. The summed E-state index contributed by atoms with van der Waals surface area (Å²) in [6.07, 6.45) is 1.14. The Morgan fingerprint density at radius 2 is 1.85 bits per heavy atom. The van der Waals surface area contributed by atoms with Crippen molar-refractivity contribution in [3.05, 3.63) is 38.9 Å². The van der Waals surface area contributed by atoms with E-state index in [1.165, 1.54) is 6.07 Å². The molecule has 0 saturated carbocycles. The highest BCUT2D eigenvalue weighted by atomic mass is 32.2. The Morgan fingerprint density at radius 3 is 2.50 bits per heavy atom. The Labute approximate surface area is 114 Å². The molecule has 108 valence electrons. The van der Waals surface area contributed by atoms with Crippen LogP contribution in [-0.4, -0.2) is 36.7 Å². The lowest BCUT2D eigenvalue weighted by molar-refractivity contribution is 0.598. The number of H-pyrrole nitrogens is 2. The summed E-state index contributed by atoms with van der Waals surface area (Å²) in [5.74, 6) is -0.0650. The molecule has 2 aromatic rings. The topological polar surface area (TPSA) is 112 Å². The van der Waals surface area contributed by atoms with Gasteiger partial charge in [-0.25, -0.2) is 8.42 Å². The van der Waals surface area contributed by atoms with Crippen LogP contribution >= 0.6 is 0 Å². The predicted molar refractivity (Wildman–Crippen MR) is 78.0 cm³/mol. The molecule has 3 N–H and O–H groups in total. The molecule has 8 heteroatoms. The average molecular weight is 297 g/mol. The van der Waals surface area contributed by atoms with Crippen molar-refractivity contribution in [3.63, 3.8) is 0 Å². The number of aromatic nitrogens is 2. The van der Waals surface area contributed by atoms with E-state index in [4.69, 9.17) is 0 Å². The number of fused-ring (bicyclic) bond motifs is 1. The van der Waals surface area contributed by atoms with Crippen LogP contribution in [0.1, 0.15) is 6.92 Å². The van der Waals surface area contributed by atoms with Crippen LogP contribution in [0.3, 0.4) is 0 Å². The van der Waals surface area contributed by atoms with Gasteiger partial charge in [0, 0.05) is 18.0 Å². The van der Waals surface area contributed by atoms with Gasteiger partial charge in [-0.2, -0.15) is 0 Å². The Bertz CT molecular complexity index is 851. The molecule has 0 aliphatic heterocycles. The smallest absolute Gasteiger partial charge is 0.272 e. The SMILES string of the molecule is CC(CS(C)(=O)=O)Nc1cccc2c(=O)[nH][nH]c(=O)c12. The summed E-state index contributed by atoms with van der Waals surface area (Å²) in [5.41, 5.74) is -0.403. The zero-order valence-corrected chi connectivity index (χ0v) is 11.9. The molecule has 1 unspecified atom stereocenters. The van der Waals surface area contributed by atoms with Crippen LogP contribution in [0.15, 0.2) is 27.8 Å². The second-order valence-corrected chi connectivity index (χ2v) is 6.96. The largest absolute Gasteiger partial charge is 0.381 e. The molecular weight excluding hydrogens is 282 g/mol. The predicted octanol–water partition coefficient (Wildman–Crippen LogP) is 0.0614. The molecule has 20 heavy (non-hydrogen) atoms. The summed E-state index contributed by atoms with van der Waals surface area (Å²) in [5, 5.41) is 7.93. The van der Waals surface area contributed by atoms with Gasteiger partial charge >= 0.3 is 0 Å². The monoisotopic (exact) mass is 297 g/mol. The fourth-order valence-corrected chi connectivity index (χ4v) is 3.10. The third kappa shape index (κ3) is 3.08. The van der Waals surface area contributed by atoms with Gasteiger partial charge in [-0.3, -0.25) is 19.8 Å². The molecule has 1 aromatic heterocycles. The standard InChI is InChI=1S/C12H15N3O4S/c1-7(6-20(2,18)19)13-9-5-3-4-8-10(9)12(17)15-14-11(8)16/h3-5,7,13H,6H2,1-2H3,(H,14,16)(H,15,17). The number of hydrogen-bond acceptors (Lipinski definition) is 5. The van der Waals surface area contributed by atoms with Crippen LogP contribution in [0.5, 0.6) is 0 Å². The maximum Gasteiger partial charge on any atom is 0.272 e. The number of sulfone groups is 1. The summed E-state index contributed by atoms with van der Waals surface area (Å²) >= 11 is 0. The zero-order chi connectivity index (χ0) is 14.9. The van der Waals surface area contributed by atoms with Crippen molar-refractivity contribution in [1.82, 2.24) is 10.2 Å². The Hall–Kier alpha value is -2.09. The molecule has 0 bridgehead atoms. The minimum Gasteiger partial charge on any atom is -0.381 e. The second kappa shape index (κ2) is 5.12. The summed E-state index contributed by atoms with van der Waals surface area (Å²) in [6.45, 7) is 1.70. The molecule has 0 fully saturated rings. The highest BCUT2D eigenvalue weighted by Crippen LogP contribution is 2.17. The molecule has 0 amide bonds. The van der Waals surface area contributed by atoms with E-state index in [2.05, 4.69) is 15.5 Å². The fraction of sp³-hybridized carbons (Fsp3) is 0.333. The average Bonchev–Trinajstić information content (AvgIpc) is 2.31. The second-order valence-electron chi connectivity index (χ2n) is 4.77. The number of anilines is 1. The first-order valence-electron chi connectivity index (χ1n) is 5.96. The van der Waals surface area contributed by atoms with Gasteiger partial charge in [-0.1, -0.05) is 6.07 Å². The molecule has 0 aliphatic rings. The molecule has 1 aromatic carbocycles. The Morgan fingerprint density at radius 1 is 1.20 bits per heavy atom. The Kier molecular flexibility index (Phi) is 3.67. The van der Waals surface area contributed by atoms with Crippen LogP contribution in [0.25, 0.3) is 10.8 Å². The van der Waals surface area contributed by atoms with Gasteiger partial charge in [0.15, 0.2) is 0 Å². The van der Waals surface area contributed by atoms with Gasteiger partial charge in [0.2, 0.25) is 0 Å². The van der Waals surface area contributed by atoms with Gasteiger partial charge in [-0.05, 0) is 19.1 Å². The summed E-state index contributed by atoms with van der Waals surface area (Å²) in [6, 6.07) is 4.42. The molecule has 0 radical (unpaired) electrons. The number of benzene rings is 1. The molecule has 0 spiro atoms. The van der Waals surface area contributed by atoms with Crippen molar-refractivity contribution in [2.24, 2.45) is 0 Å². The van der Waals surface area contributed by atoms with Crippen LogP contribution < -0.4 is 16.4 Å². The lowest BCUT2D eigenvalue weighted by Gasteiger charge is -2.15. The van der Waals surface area contributed by atoms with E-state index in [9.17, 15) is 18.0 Å². The number of rotatable bonds is 4. The van der Waals surface area contributed by atoms with Crippen molar-refractivity contribution in [2.75, 3.05) is 17.3 Å². The molecule has 7 nitrogen and oxygen atoms in total. The lowest BCUT2D eigenvalue weighted by Crippen LogP contribution is -2.27. The van der Waals surface area contributed by atoms with E-state index >= 15 is 0 Å². The molecule has 2 rings (SSSR count). The van der Waals surface area contributed by atoms with Crippen LogP contribution in [0, 0.1) is 0 Å². The van der Waals surface area contributed by atoms with Crippen LogP contribution in [0.4, 0.5) is 5.69 Å². The highest BCUT2D eigenvalue weighted by Gasteiger charge is 2.13. The van der Waals surface area contributed by atoms with E-state index in [-0.39, 0.29) is 22.6 Å². The van der Waals surface area contributed by atoms with E-state index in [0.717, 1.165) is 6.26 Å². The minimum atomic E-state index is -3.13. The van der Waals surface area contributed by atoms with E-state index < -0.39 is 21.0 Å². The van der Waals surface area contributed by atoms with Gasteiger partial charge in [-0.15, -0.1) is 0 Å². The Balaban J connectivity index is 2.48. The van der Waals surface area contributed by atoms with Crippen LogP contribution in [-0.2, 0) is 9.84 Å². The first-order chi connectivity index (χ1) is 9.28. The van der Waals surface area contributed by atoms with Crippen molar-refractivity contribution >= 4 is 26.3 Å². The van der Waals surface area contributed by atoms with Crippen molar-refractivity contribution in [3.8, 4) is 0 Å². The maximum absolute atomic E-state index is 11.8. The van der Waals surface area contributed by atoms with Gasteiger partial charge in [0.25, 0.3) is 11.1 Å². The summed E-state index contributed by atoms with van der Waals surface area (Å²) in [4.78, 5) is 23.5. The highest BCUT2D eigenvalue weighted by molar-refractivity contribution is 7.90. The summed E-state index contributed by atoms with van der Waals surface area (Å²) in [7, 11) is -3.13. The lowest BCUT2D eigenvalue weighted by atomic mass is 10.1. The van der Waals surface area contributed by atoms with E-state index in [0.29, 0.717) is 5.69 Å². The molecular formula is C12H15N3O4S. The van der Waals surface area contributed by atoms with Gasteiger partial charge < -0.3 is 5.32 Å². The third-order valence-corrected chi connectivity index (χ3v) is 3.89. The maximum atomic E-state index is 11.8. The number of aromatic amines is 2. The van der Waals surface area contributed by atoms with Crippen molar-refractivity contribution in [1.29, 1.82) is 0 Å². The van der Waals surface area contributed by atoms with Crippen molar-refractivity contribution in [2.45, 2.75) is 13.0 Å². The quantitative estimate of drug-likeness (QED) is 0.739. The molecule has 0 saturated heterocycles. The first kappa shape index (κ1) is 14.3. The molecule has 1 atom stereocenters. The molecule has 1 heterocycles. The molecule has 0 aliphatic carbocycles. The van der Waals surface area contributed by atoms with E-state index in [1.54, 1.807) is 19.1 Å².